The molecule has 3 heterocycles. The Bertz CT molecular complexity index is 1180. The largest absolute Gasteiger partial charge is 0.381 e. The van der Waals surface area contributed by atoms with Gasteiger partial charge in [0.15, 0.2) is 5.82 Å². The smallest absolute Gasteiger partial charge is 0.226 e. The first-order valence-corrected chi connectivity index (χ1v) is 13.2. The normalized spacial score (nSPS) is 19.2. The topological polar surface area (TPSA) is 72.3 Å². The molecule has 7 nitrogen and oxygen atoms in total. The molecule has 1 N–H and O–H groups in total. The second-order valence-electron chi connectivity index (χ2n) is 10.5. The van der Waals surface area contributed by atoms with Crippen molar-refractivity contribution in [1.29, 1.82) is 0 Å². The van der Waals surface area contributed by atoms with Crippen molar-refractivity contribution in [2.45, 2.75) is 52.7 Å². The molecule has 1 aromatic heterocycles. The molecule has 2 atom stereocenters. The molecule has 3 aromatic rings. The lowest BCUT2D eigenvalue weighted by atomic mass is 9.99. The van der Waals surface area contributed by atoms with Crippen molar-refractivity contribution in [2.24, 2.45) is 11.8 Å². The van der Waals surface area contributed by atoms with Crippen LogP contribution >= 0.6 is 0 Å². The first-order valence-electron chi connectivity index (χ1n) is 13.2. The summed E-state index contributed by atoms with van der Waals surface area (Å²) in [4.78, 5) is 15.3. The van der Waals surface area contributed by atoms with E-state index in [9.17, 15) is 4.79 Å². The lowest BCUT2D eigenvalue weighted by Crippen LogP contribution is -2.38. The predicted octanol–water partition coefficient (Wildman–Crippen LogP) is 4.16. The Morgan fingerprint density at radius 2 is 1.89 bits per heavy atom. The number of ether oxygens (including phenoxy) is 1. The van der Waals surface area contributed by atoms with Crippen molar-refractivity contribution in [3.8, 4) is 11.1 Å². The van der Waals surface area contributed by atoms with Gasteiger partial charge in [0.05, 0.1) is 18.6 Å². The molecular weight excluding hydrogens is 450 g/mol. The maximum Gasteiger partial charge on any atom is 0.226 e. The van der Waals surface area contributed by atoms with Crippen molar-refractivity contribution >= 4 is 5.91 Å². The van der Waals surface area contributed by atoms with E-state index in [2.05, 4.69) is 94.3 Å². The highest BCUT2D eigenvalue weighted by Crippen LogP contribution is 2.26. The average Bonchev–Trinajstić information content (AvgIpc) is 3.51. The van der Waals surface area contributed by atoms with Crippen molar-refractivity contribution < 1.29 is 9.53 Å². The standard InChI is InChI=1S/C29H37N5O2/c1-20(2)27(30-29(35)24-13-17-36-19-24)28-32-31-26-12-14-33(15-16-34(26)28)18-22-8-10-23(11-9-22)25-7-5-4-6-21(25)3/h4-11,20,24,27H,12-19H2,1-3H3,(H,30,35)/t24-,27-/m1/s1. The van der Waals surface area contributed by atoms with Crippen LogP contribution in [-0.4, -0.2) is 51.9 Å². The number of nitrogens with zero attached hydrogens (tertiary/aromatic N) is 4. The van der Waals surface area contributed by atoms with Crippen molar-refractivity contribution in [3.63, 3.8) is 0 Å². The number of aromatic nitrogens is 3. The van der Waals surface area contributed by atoms with Gasteiger partial charge in [-0.2, -0.15) is 0 Å². The van der Waals surface area contributed by atoms with E-state index in [0.717, 1.165) is 50.7 Å². The summed E-state index contributed by atoms with van der Waals surface area (Å²) >= 11 is 0. The molecule has 0 spiro atoms. The molecule has 5 rings (SSSR count). The Hall–Kier alpha value is -3.03. The quantitative estimate of drug-likeness (QED) is 0.542. The number of amides is 1. The van der Waals surface area contributed by atoms with Gasteiger partial charge in [-0.3, -0.25) is 9.69 Å². The van der Waals surface area contributed by atoms with E-state index < -0.39 is 0 Å². The Labute approximate surface area is 213 Å². The minimum absolute atomic E-state index is 0.0629. The Morgan fingerprint density at radius 1 is 1.08 bits per heavy atom. The fourth-order valence-electron chi connectivity index (χ4n) is 5.26. The van der Waals surface area contributed by atoms with Gasteiger partial charge in [-0.1, -0.05) is 62.4 Å². The number of hydrogen-bond acceptors (Lipinski definition) is 5. The molecule has 2 aliphatic heterocycles. The van der Waals surface area contributed by atoms with E-state index in [0.29, 0.717) is 13.2 Å². The Balaban J connectivity index is 1.24. The highest BCUT2D eigenvalue weighted by Gasteiger charge is 2.31. The summed E-state index contributed by atoms with van der Waals surface area (Å²) in [6, 6.07) is 17.3. The van der Waals surface area contributed by atoms with Gasteiger partial charge in [-0.15, -0.1) is 10.2 Å². The van der Waals surface area contributed by atoms with Gasteiger partial charge >= 0.3 is 0 Å². The van der Waals surface area contributed by atoms with E-state index in [1.165, 1.54) is 22.3 Å². The maximum atomic E-state index is 12.8. The van der Waals surface area contributed by atoms with Gasteiger partial charge in [-0.25, -0.2) is 0 Å². The summed E-state index contributed by atoms with van der Waals surface area (Å²) in [7, 11) is 0. The van der Waals surface area contributed by atoms with E-state index in [-0.39, 0.29) is 23.8 Å². The maximum absolute atomic E-state index is 12.8. The number of hydrogen-bond donors (Lipinski definition) is 1. The van der Waals surface area contributed by atoms with Crippen LogP contribution in [-0.2, 0) is 29.0 Å². The molecule has 190 valence electrons. The van der Waals surface area contributed by atoms with Crippen LogP contribution < -0.4 is 5.32 Å². The monoisotopic (exact) mass is 487 g/mol. The molecule has 0 unspecified atom stereocenters. The number of benzene rings is 2. The Morgan fingerprint density at radius 3 is 2.61 bits per heavy atom. The van der Waals surface area contributed by atoms with Gasteiger partial charge in [0, 0.05) is 39.2 Å². The van der Waals surface area contributed by atoms with Gasteiger partial charge in [-0.05, 0) is 41.5 Å². The molecule has 7 heteroatoms. The fraction of sp³-hybridized carbons (Fsp3) is 0.483. The molecular formula is C29H37N5O2. The molecule has 2 aliphatic rings. The van der Waals surface area contributed by atoms with Crippen molar-refractivity contribution in [2.75, 3.05) is 26.3 Å². The third-order valence-corrected chi connectivity index (χ3v) is 7.51. The lowest BCUT2D eigenvalue weighted by Gasteiger charge is -2.24. The molecule has 0 saturated carbocycles. The summed E-state index contributed by atoms with van der Waals surface area (Å²) in [5.74, 6) is 2.09. The van der Waals surface area contributed by atoms with Gasteiger partial charge in [0.1, 0.15) is 5.82 Å². The third kappa shape index (κ3) is 5.37. The fourth-order valence-corrected chi connectivity index (χ4v) is 5.26. The van der Waals surface area contributed by atoms with Gasteiger partial charge < -0.3 is 14.6 Å². The van der Waals surface area contributed by atoms with E-state index in [4.69, 9.17) is 4.74 Å². The molecule has 1 amide bonds. The summed E-state index contributed by atoms with van der Waals surface area (Å²) in [5, 5.41) is 12.3. The van der Waals surface area contributed by atoms with Crippen LogP contribution in [0.25, 0.3) is 11.1 Å². The predicted molar refractivity (Wildman–Crippen MR) is 140 cm³/mol. The van der Waals surface area contributed by atoms with E-state index >= 15 is 0 Å². The number of fused-ring (bicyclic) bond motifs is 1. The minimum Gasteiger partial charge on any atom is -0.381 e. The van der Waals surface area contributed by atoms with Crippen LogP contribution in [0, 0.1) is 18.8 Å². The number of rotatable bonds is 7. The minimum atomic E-state index is -0.153. The molecule has 36 heavy (non-hydrogen) atoms. The van der Waals surface area contributed by atoms with Gasteiger partial charge in [0.2, 0.25) is 5.91 Å². The number of carbonyl (C=O) groups excluding carboxylic acids is 1. The van der Waals surface area contributed by atoms with E-state index in [1.807, 2.05) is 0 Å². The van der Waals surface area contributed by atoms with Crippen molar-refractivity contribution in [3.05, 3.63) is 71.3 Å². The highest BCUT2D eigenvalue weighted by molar-refractivity contribution is 5.79. The number of nitrogens with one attached hydrogen (secondary N) is 1. The van der Waals surface area contributed by atoms with Crippen LogP contribution in [0.2, 0.25) is 0 Å². The van der Waals surface area contributed by atoms with Crippen LogP contribution in [0.5, 0.6) is 0 Å². The van der Waals surface area contributed by atoms with Crippen LogP contribution in [0.1, 0.15) is 49.1 Å². The van der Waals surface area contributed by atoms with Crippen LogP contribution in [0.4, 0.5) is 0 Å². The molecule has 1 saturated heterocycles. The van der Waals surface area contributed by atoms with Gasteiger partial charge in [0.25, 0.3) is 0 Å². The summed E-state index contributed by atoms with van der Waals surface area (Å²) in [6.45, 7) is 11.2. The zero-order chi connectivity index (χ0) is 25.1. The zero-order valence-electron chi connectivity index (χ0n) is 21.6. The molecule has 0 bridgehead atoms. The second-order valence-corrected chi connectivity index (χ2v) is 10.5. The molecule has 0 aliphatic carbocycles. The summed E-state index contributed by atoms with van der Waals surface area (Å²) in [6.07, 6.45) is 1.64. The second kappa shape index (κ2) is 10.9. The third-order valence-electron chi connectivity index (χ3n) is 7.51. The molecule has 1 fully saturated rings. The molecule has 0 radical (unpaired) electrons. The van der Waals surface area contributed by atoms with E-state index in [1.54, 1.807) is 0 Å². The van der Waals surface area contributed by atoms with Crippen molar-refractivity contribution in [1.82, 2.24) is 25.0 Å². The first-order chi connectivity index (χ1) is 17.5. The summed E-state index contributed by atoms with van der Waals surface area (Å²) in [5.41, 5.74) is 5.16. The highest BCUT2D eigenvalue weighted by atomic mass is 16.5. The average molecular weight is 488 g/mol. The summed E-state index contributed by atoms with van der Waals surface area (Å²) < 4.78 is 7.65. The number of aryl methyl sites for hydroxylation is 1. The van der Waals surface area contributed by atoms with Crippen LogP contribution in [0.15, 0.2) is 48.5 Å². The lowest BCUT2D eigenvalue weighted by molar-refractivity contribution is -0.126. The zero-order valence-corrected chi connectivity index (χ0v) is 21.6. The SMILES string of the molecule is Cc1ccccc1-c1ccc(CN2CCc3nnc([C@H](NC(=O)[C@@H]4CCOC4)C(C)C)n3CC2)cc1. The first kappa shape index (κ1) is 24.7. The Kier molecular flexibility index (Phi) is 7.48. The van der Waals surface area contributed by atoms with Crippen LogP contribution in [0.3, 0.4) is 0 Å². The number of carbonyl (C=O) groups is 1. The molecule has 2 aromatic carbocycles.